The molecule has 6 N–H and O–H groups in total. The van der Waals surface area contributed by atoms with Crippen molar-refractivity contribution in [2.24, 2.45) is 0 Å². The number of hydrogen-bond acceptors (Lipinski definition) is 10. The topological polar surface area (TPSA) is 158 Å². The minimum atomic E-state index is -1.63. The second-order valence-electron chi connectivity index (χ2n) is 10.5. The van der Waals surface area contributed by atoms with Gasteiger partial charge in [-0.2, -0.15) is 0 Å². The van der Waals surface area contributed by atoms with Crippen molar-refractivity contribution >= 4 is 0 Å². The van der Waals surface area contributed by atoms with E-state index in [9.17, 15) is 30.6 Å². The molecule has 0 saturated carbocycles. The van der Waals surface area contributed by atoms with E-state index in [4.69, 9.17) is 18.9 Å². The summed E-state index contributed by atoms with van der Waals surface area (Å²) in [5.74, 6) is 0. The van der Waals surface area contributed by atoms with E-state index in [2.05, 4.69) is 39.5 Å². The lowest BCUT2D eigenvalue weighted by molar-refractivity contribution is -0.373. The summed E-state index contributed by atoms with van der Waals surface area (Å²) in [6.07, 6.45) is -4.62. The first kappa shape index (κ1) is 32.0. The number of allylic oxidation sites excluding steroid dienone is 4. The molecule has 2 saturated heterocycles. The van der Waals surface area contributed by atoms with Gasteiger partial charge in [0.05, 0.1) is 18.3 Å². The lowest BCUT2D eigenvalue weighted by Gasteiger charge is -2.47. The van der Waals surface area contributed by atoms with Crippen molar-refractivity contribution in [1.82, 2.24) is 0 Å². The van der Waals surface area contributed by atoms with Gasteiger partial charge in [0.25, 0.3) is 0 Å². The van der Waals surface area contributed by atoms with E-state index < -0.39 is 73.6 Å². The van der Waals surface area contributed by atoms with Crippen molar-refractivity contribution < 1.29 is 49.6 Å². The van der Waals surface area contributed by atoms with E-state index in [-0.39, 0.29) is 0 Å². The van der Waals surface area contributed by atoms with Gasteiger partial charge in [0.15, 0.2) is 12.6 Å². The van der Waals surface area contributed by atoms with Gasteiger partial charge in [-0.3, -0.25) is 0 Å². The van der Waals surface area contributed by atoms with E-state index in [0.29, 0.717) is 12.8 Å². The molecular formula is C27H46O10. The molecule has 0 aliphatic carbocycles. The maximum absolute atomic E-state index is 10.8. The number of ether oxygens (including phenoxy) is 4. The van der Waals surface area contributed by atoms with Gasteiger partial charge in [-0.25, -0.2) is 0 Å². The average Bonchev–Trinajstić information content (AvgIpc) is 2.85. The van der Waals surface area contributed by atoms with Crippen LogP contribution in [-0.4, -0.2) is 104 Å². The lowest BCUT2D eigenvalue weighted by Crippen LogP contribution is -2.64. The molecule has 11 atom stereocenters. The molecule has 10 heteroatoms. The molecule has 2 fully saturated rings. The van der Waals surface area contributed by atoms with Crippen molar-refractivity contribution in [3.63, 3.8) is 0 Å². The number of aliphatic hydroxyl groups is 6. The third-order valence-electron chi connectivity index (χ3n) is 6.97. The molecule has 2 rings (SSSR count). The smallest absolute Gasteiger partial charge is 0.188 e. The van der Waals surface area contributed by atoms with Gasteiger partial charge >= 0.3 is 0 Å². The fourth-order valence-electron chi connectivity index (χ4n) is 4.35. The van der Waals surface area contributed by atoms with Crippen molar-refractivity contribution in [3.8, 4) is 0 Å². The van der Waals surface area contributed by atoms with Crippen LogP contribution in [0.25, 0.3) is 0 Å². The first-order chi connectivity index (χ1) is 17.3. The van der Waals surface area contributed by atoms with Crippen molar-refractivity contribution in [2.45, 2.75) is 127 Å². The summed E-state index contributed by atoms with van der Waals surface area (Å²) in [6, 6.07) is 0. The highest BCUT2D eigenvalue weighted by Gasteiger charge is 2.51. The monoisotopic (exact) mass is 530 g/mol. The molecule has 37 heavy (non-hydrogen) atoms. The highest BCUT2D eigenvalue weighted by atomic mass is 16.8. The molecule has 0 unspecified atom stereocenters. The fraction of sp³-hybridized carbons (Fsp3) is 0.778. The molecular weight excluding hydrogens is 484 g/mol. The molecule has 10 nitrogen and oxygen atoms in total. The van der Waals surface area contributed by atoms with Crippen LogP contribution in [0.15, 0.2) is 36.0 Å². The van der Waals surface area contributed by atoms with Gasteiger partial charge in [-0.15, -0.1) is 6.58 Å². The van der Waals surface area contributed by atoms with Gasteiger partial charge in [-0.05, 0) is 60.3 Å². The van der Waals surface area contributed by atoms with E-state index in [1.165, 1.54) is 18.1 Å². The largest absolute Gasteiger partial charge is 0.394 e. The van der Waals surface area contributed by atoms with Crippen LogP contribution in [-0.2, 0) is 18.9 Å². The van der Waals surface area contributed by atoms with E-state index in [1.54, 1.807) is 13.0 Å². The zero-order chi connectivity index (χ0) is 27.9. The number of rotatable bonds is 12. The quantitative estimate of drug-likeness (QED) is 0.202. The maximum atomic E-state index is 10.8. The second kappa shape index (κ2) is 14.3. The Morgan fingerprint density at radius 3 is 2.16 bits per heavy atom. The molecule has 0 aromatic heterocycles. The average molecular weight is 531 g/mol. The molecule has 0 aromatic carbocycles. The van der Waals surface area contributed by atoms with E-state index >= 15 is 0 Å². The van der Waals surface area contributed by atoms with Gasteiger partial charge in [0.1, 0.15) is 42.7 Å². The molecule has 0 radical (unpaired) electrons. The Morgan fingerprint density at radius 1 is 0.892 bits per heavy atom. The summed E-state index contributed by atoms with van der Waals surface area (Å²) in [7, 11) is 0. The fourth-order valence-corrected chi connectivity index (χ4v) is 4.35. The van der Waals surface area contributed by atoms with Gasteiger partial charge in [-0.1, -0.05) is 29.4 Å². The summed E-state index contributed by atoms with van der Waals surface area (Å²) in [6.45, 7) is 12.8. The highest BCUT2D eigenvalue weighted by molar-refractivity contribution is 5.04. The van der Waals surface area contributed by atoms with Crippen LogP contribution in [0.2, 0.25) is 0 Å². The van der Waals surface area contributed by atoms with Crippen LogP contribution in [0.1, 0.15) is 60.3 Å². The summed E-state index contributed by atoms with van der Waals surface area (Å²) in [5.41, 5.74) is 1.60. The molecule has 2 aliphatic rings. The van der Waals surface area contributed by atoms with Crippen LogP contribution in [0, 0.1) is 0 Å². The standard InChI is InChI=1S/C27H46O10/c1-7-27(6,13-9-12-16(4)11-8-10-15(2)3)37-26-24(22(32)20(30)18(14-28)35-26)36-25-23(33)21(31)19(29)17(5)34-25/h7,10,12,17-26,28-33H,1,8-9,11,13-14H2,2-6H3/b16-12-/t17-,18+,19-,20+,21+,22-,23+,24+,25-,26-,27-/m0/s1. The first-order valence-electron chi connectivity index (χ1n) is 12.9. The van der Waals surface area contributed by atoms with Crippen molar-refractivity contribution in [1.29, 1.82) is 0 Å². The maximum Gasteiger partial charge on any atom is 0.188 e. The minimum Gasteiger partial charge on any atom is -0.394 e. The lowest BCUT2D eigenvalue weighted by atomic mass is 9.95. The van der Waals surface area contributed by atoms with Crippen LogP contribution < -0.4 is 0 Å². The van der Waals surface area contributed by atoms with Crippen LogP contribution in [0.4, 0.5) is 0 Å². The van der Waals surface area contributed by atoms with Crippen LogP contribution >= 0.6 is 0 Å². The zero-order valence-corrected chi connectivity index (χ0v) is 22.6. The van der Waals surface area contributed by atoms with Crippen LogP contribution in [0.3, 0.4) is 0 Å². The van der Waals surface area contributed by atoms with Gasteiger partial charge < -0.3 is 49.6 Å². The number of hydrogen-bond donors (Lipinski definition) is 6. The Morgan fingerprint density at radius 2 is 1.57 bits per heavy atom. The molecule has 0 bridgehead atoms. The predicted molar refractivity (Wildman–Crippen MR) is 136 cm³/mol. The Kier molecular flexibility index (Phi) is 12.4. The normalized spacial score (nSPS) is 38.6. The Labute approximate surface area is 219 Å². The second-order valence-corrected chi connectivity index (χ2v) is 10.5. The summed E-state index contributed by atoms with van der Waals surface area (Å²) >= 11 is 0. The SMILES string of the molecule is C=C[C@@](C)(CC/C=C(/C)CCC=C(C)C)O[C@@H]1O[C@H](CO)[C@@H](O)[C@H](O)[C@H]1O[C@@H]1O[C@@H](C)[C@H](O)[C@@H](O)[C@H]1O. The first-order valence-corrected chi connectivity index (χ1v) is 12.9. The van der Waals surface area contributed by atoms with Crippen molar-refractivity contribution in [2.75, 3.05) is 6.61 Å². The summed E-state index contributed by atoms with van der Waals surface area (Å²) in [5, 5.41) is 61.4. The summed E-state index contributed by atoms with van der Waals surface area (Å²) < 4.78 is 23.2. The Hall–Kier alpha value is -1.18. The number of aliphatic hydroxyl groups excluding tert-OH is 6. The third-order valence-corrected chi connectivity index (χ3v) is 6.97. The third kappa shape index (κ3) is 8.66. The zero-order valence-electron chi connectivity index (χ0n) is 22.6. The molecule has 0 amide bonds. The van der Waals surface area contributed by atoms with E-state index in [0.717, 1.165) is 12.8 Å². The Balaban J connectivity index is 2.15. The van der Waals surface area contributed by atoms with Gasteiger partial charge in [0.2, 0.25) is 0 Å². The van der Waals surface area contributed by atoms with Gasteiger partial charge in [0, 0.05) is 0 Å². The Bertz CT molecular complexity index is 781. The van der Waals surface area contributed by atoms with Crippen LogP contribution in [0.5, 0.6) is 0 Å². The molecule has 214 valence electrons. The molecule has 0 spiro atoms. The van der Waals surface area contributed by atoms with Crippen molar-refractivity contribution in [3.05, 3.63) is 36.0 Å². The van der Waals surface area contributed by atoms with E-state index in [1.807, 2.05) is 0 Å². The minimum absolute atomic E-state index is 0.524. The summed E-state index contributed by atoms with van der Waals surface area (Å²) in [4.78, 5) is 0. The molecule has 2 aliphatic heterocycles. The molecule has 2 heterocycles. The predicted octanol–water partition coefficient (Wildman–Crippen LogP) is 1.07. The highest BCUT2D eigenvalue weighted by Crippen LogP contribution is 2.33. The molecule has 0 aromatic rings.